The lowest BCUT2D eigenvalue weighted by Gasteiger charge is -2.23. The van der Waals surface area contributed by atoms with Gasteiger partial charge in [0.2, 0.25) is 11.2 Å². The Kier molecular flexibility index (Phi) is 10.7. The Bertz CT molecular complexity index is 1150. The molecule has 0 saturated carbocycles. The number of rotatable bonds is 3. The van der Waals surface area contributed by atoms with Gasteiger partial charge in [-0.1, -0.05) is 18.2 Å². The van der Waals surface area contributed by atoms with E-state index in [4.69, 9.17) is 23.7 Å². The molecule has 7 nitrogen and oxygen atoms in total. The van der Waals surface area contributed by atoms with Gasteiger partial charge in [0.15, 0.2) is 0 Å². The van der Waals surface area contributed by atoms with Crippen LogP contribution in [-0.4, -0.2) is 73.1 Å². The quantitative estimate of drug-likeness (QED) is 0.495. The van der Waals surface area contributed by atoms with Crippen molar-refractivity contribution in [3.63, 3.8) is 0 Å². The van der Waals surface area contributed by atoms with Gasteiger partial charge in [-0.15, -0.1) is 0 Å². The first kappa shape index (κ1) is 27.1. The lowest BCUT2D eigenvalue weighted by molar-refractivity contribution is -0.669. The van der Waals surface area contributed by atoms with Crippen molar-refractivity contribution in [1.29, 1.82) is 0 Å². The zero-order chi connectivity index (χ0) is 25.7. The summed E-state index contributed by atoms with van der Waals surface area (Å²) in [6.07, 6.45) is 4.31. The zero-order valence-electron chi connectivity index (χ0n) is 22.1. The molecule has 0 unspecified atom stereocenters. The lowest BCUT2D eigenvalue weighted by atomic mass is 10.1. The van der Waals surface area contributed by atoms with Gasteiger partial charge >= 0.3 is 0 Å². The van der Waals surface area contributed by atoms with E-state index in [1.807, 2.05) is 0 Å². The normalized spacial score (nSPS) is 17.2. The van der Waals surface area contributed by atoms with Crippen molar-refractivity contribution in [2.24, 2.45) is 0 Å². The summed E-state index contributed by atoms with van der Waals surface area (Å²) < 4.78 is 31.0. The van der Waals surface area contributed by atoms with E-state index in [2.05, 4.69) is 90.2 Å². The maximum Gasteiger partial charge on any atom is 0.212 e. The maximum absolute atomic E-state index is 6.19. The fourth-order valence-electron chi connectivity index (χ4n) is 4.32. The number of aryl methyl sites for hydroxylation is 1. The summed E-state index contributed by atoms with van der Waals surface area (Å²) in [5.41, 5.74) is 4.50. The summed E-state index contributed by atoms with van der Waals surface area (Å²) in [6.45, 7) is 8.73. The average molecular weight is 508 g/mol. The number of fused-ring (bicyclic) bond motifs is 2. The molecular weight excluding hydrogens is 468 g/mol. The SMILES string of the molecule is CC[n+]1c(/C=C/c2ccc3c(c2)OCCOCCOCCOCCOCCN3C)ccc2ccccc21. The van der Waals surface area contributed by atoms with Crippen molar-refractivity contribution in [2.45, 2.75) is 13.5 Å². The number of para-hydroxylation sites is 1. The largest absolute Gasteiger partial charge is 0.489 e. The molecule has 0 spiro atoms. The average Bonchev–Trinajstić information content (AvgIpc) is 2.93. The van der Waals surface area contributed by atoms with Gasteiger partial charge in [-0.25, -0.2) is 0 Å². The predicted octanol–water partition coefficient (Wildman–Crippen LogP) is 4.21. The molecule has 2 heterocycles. The highest BCUT2D eigenvalue weighted by molar-refractivity contribution is 5.77. The van der Waals surface area contributed by atoms with E-state index >= 15 is 0 Å². The molecule has 1 aromatic heterocycles. The third-order valence-corrected chi connectivity index (χ3v) is 6.30. The summed E-state index contributed by atoms with van der Waals surface area (Å²) in [4.78, 5) is 2.16. The Labute approximate surface area is 220 Å². The van der Waals surface area contributed by atoms with Crippen molar-refractivity contribution in [3.8, 4) is 5.75 Å². The number of likely N-dealkylation sites (N-methyl/N-ethyl adjacent to an activating group) is 1. The molecule has 3 aromatic rings. The van der Waals surface area contributed by atoms with Crippen LogP contribution in [0.3, 0.4) is 0 Å². The second kappa shape index (κ2) is 14.7. The summed E-state index contributed by atoms with van der Waals surface area (Å²) in [5.74, 6) is 0.829. The molecule has 4 rings (SSSR count). The third kappa shape index (κ3) is 8.01. The third-order valence-electron chi connectivity index (χ3n) is 6.30. The van der Waals surface area contributed by atoms with Crippen LogP contribution in [0, 0.1) is 0 Å². The molecular formula is C30H39N2O5+. The molecule has 1 aliphatic rings. The Balaban J connectivity index is 1.51. The van der Waals surface area contributed by atoms with Crippen LogP contribution < -0.4 is 14.2 Å². The van der Waals surface area contributed by atoms with Crippen LogP contribution in [0.5, 0.6) is 5.75 Å². The van der Waals surface area contributed by atoms with Crippen LogP contribution >= 0.6 is 0 Å². The van der Waals surface area contributed by atoms with E-state index in [1.54, 1.807) is 0 Å². The maximum atomic E-state index is 6.19. The molecule has 0 N–H and O–H groups in total. The van der Waals surface area contributed by atoms with Crippen LogP contribution in [0.15, 0.2) is 54.6 Å². The van der Waals surface area contributed by atoms with Gasteiger partial charge in [-0.3, -0.25) is 0 Å². The molecule has 0 amide bonds. The molecule has 2 aromatic carbocycles. The molecule has 0 bridgehead atoms. The molecule has 0 fully saturated rings. The number of pyridine rings is 1. The number of benzene rings is 2. The molecule has 0 radical (unpaired) electrons. The van der Waals surface area contributed by atoms with E-state index in [9.17, 15) is 0 Å². The highest BCUT2D eigenvalue weighted by atomic mass is 16.6. The second-order valence-electron chi connectivity index (χ2n) is 8.84. The van der Waals surface area contributed by atoms with Crippen LogP contribution in [0.25, 0.3) is 23.1 Å². The van der Waals surface area contributed by atoms with Gasteiger partial charge in [-0.05, 0) is 42.8 Å². The van der Waals surface area contributed by atoms with Crippen molar-refractivity contribution >= 4 is 28.7 Å². The molecule has 198 valence electrons. The van der Waals surface area contributed by atoms with Gasteiger partial charge in [0.1, 0.15) is 18.9 Å². The van der Waals surface area contributed by atoms with Gasteiger partial charge in [-0.2, -0.15) is 4.57 Å². The van der Waals surface area contributed by atoms with Crippen molar-refractivity contribution < 1.29 is 28.3 Å². The van der Waals surface area contributed by atoms with E-state index < -0.39 is 0 Å². The van der Waals surface area contributed by atoms with Gasteiger partial charge in [0.25, 0.3) is 0 Å². The van der Waals surface area contributed by atoms with E-state index in [-0.39, 0.29) is 0 Å². The minimum atomic E-state index is 0.466. The minimum absolute atomic E-state index is 0.466. The zero-order valence-corrected chi connectivity index (χ0v) is 22.1. The van der Waals surface area contributed by atoms with Gasteiger partial charge in [0, 0.05) is 37.2 Å². The van der Waals surface area contributed by atoms with E-state index in [0.717, 1.165) is 35.8 Å². The molecule has 0 atom stereocenters. The fraction of sp³-hybridized carbons (Fsp3) is 0.433. The van der Waals surface area contributed by atoms with Crippen LogP contribution in [0.1, 0.15) is 18.2 Å². The monoisotopic (exact) mass is 507 g/mol. The van der Waals surface area contributed by atoms with Crippen LogP contribution in [0.2, 0.25) is 0 Å². The van der Waals surface area contributed by atoms with Crippen molar-refractivity contribution in [3.05, 3.63) is 65.9 Å². The second-order valence-corrected chi connectivity index (χ2v) is 8.84. The highest BCUT2D eigenvalue weighted by Gasteiger charge is 2.13. The van der Waals surface area contributed by atoms with E-state index in [0.29, 0.717) is 59.5 Å². The summed E-state index contributed by atoms with van der Waals surface area (Å²) in [5, 5.41) is 1.24. The summed E-state index contributed by atoms with van der Waals surface area (Å²) in [6, 6.07) is 19.2. The van der Waals surface area contributed by atoms with Gasteiger partial charge < -0.3 is 28.6 Å². The Morgan fingerprint density at radius 1 is 0.757 bits per heavy atom. The topological polar surface area (TPSA) is 53.3 Å². The first-order chi connectivity index (χ1) is 18.3. The van der Waals surface area contributed by atoms with Crippen LogP contribution in [0.4, 0.5) is 5.69 Å². The number of hydrogen-bond acceptors (Lipinski definition) is 6. The Morgan fingerprint density at radius 3 is 2.16 bits per heavy atom. The number of anilines is 1. The van der Waals surface area contributed by atoms with E-state index in [1.165, 1.54) is 10.9 Å². The minimum Gasteiger partial charge on any atom is -0.489 e. The fourth-order valence-corrected chi connectivity index (χ4v) is 4.32. The number of aromatic nitrogens is 1. The molecule has 0 aliphatic carbocycles. The van der Waals surface area contributed by atoms with Crippen LogP contribution in [-0.2, 0) is 25.5 Å². The molecule has 1 aliphatic heterocycles. The Morgan fingerprint density at radius 2 is 1.43 bits per heavy atom. The van der Waals surface area contributed by atoms with Crippen molar-refractivity contribution in [1.82, 2.24) is 0 Å². The molecule has 37 heavy (non-hydrogen) atoms. The highest BCUT2D eigenvalue weighted by Crippen LogP contribution is 2.29. The molecule has 7 heteroatoms. The van der Waals surface area contributed by atoms with Gasteiger partial charge in [0.05, 0.1) is 58.5 Å². The standard InChI is InChI=1S/C30H39N2O5/c1-3-32-27(12-10-26-6-4-5-7-28(26)32)11-8-25-9-13-29-30(24-25)37-23-22-36-21-20-35-19-18-34-17-16-33-15-14-31(29)2/h4-13,24H,3,14-23H2,1-2H3/q+1. The number of ether oxygens (including phenoxy) is 5. The first-order valence-corrected chi connectivity index (χ1v) is 13.1. The summed E-state index contributed by atoms with van der Waals surface area (Å²) >= 11 is 0. The summed E-state index contributed by atoms with van der Waals surface area (Å²) in [7, 11) is 2.06. The number of nitrogens with zero attached hydrogens (tertiary/aromatic N) is 2. The number of hydrogen-bond donors (Lipinski definition) is 0. The lowest BCUT2D eigenvalue weighted by Crippen LogP contribution is -2.36. The first-order valence-electron chi connectivity index (χ1n) is 13.1. The smallest absolute Gasteiger partial charge is 0.212 e. The Hall–Kier alpha value is -2.97. The predicted molar refractivity (Wildman–Crippen MR) is 147 cm³/mol. The molecule has 0 saturated heterocycles. The van der Waals surface area contributed by atoms with Crippen molar-refractivity contribution in [2.75, 3.05) is 78.0 Å².